The summed E-state index contributed by atoms with van der Waals surface area (Å²) < 4.78 is 0. The first-order valence-electron chi connectivity index (χ1n) is 7.02. The maximum absolute atomic E-state index is 5.64. The monoisotopic (exact) mass is 249 g/mol. The van der Waals surface area contributed by atoms with Gasteiger partial charge in [0, 0.05) is 6.04 Å². The molecule has 0 aromatic heterocycles. The second-order valence-corrected chi connectivity index (χ2v) is 4.70. The highest BCUT2D eigenvalue weighted by molar-refractivity contribution is 5.14. The predicted molar refractivity (Wildman–Crippen MR) is 78.3 cm³/mol. The number of aryl methyl sites for hydroxylation is 1. The number of nitrogens with zero attached hydrogens (tertiary/aromatic N) is 1. The van der Waals surface area contributed by atoms with E-state index in [9.17, 15) is 0 Å². The molecule has 1 aromatic carbocycles. The highest BCUT2D eigenvalue weighted by Crippen LogP contribution is 2.07. The van der Waals surface area contributed by atoms with E-state index < -0.39 is 0 Å². The van der Waals surface area contributed by atoms with Crippen LogP contribution in [0.4, 0.5) is 0 Å². The summed E-state index contributed by atoms with van der Waals surface area (Å²) in [6, 6.07) is 11.0. The third-order valence-corrected chi connectivity index (χ3v) is 3.55. The molecule has 0 spiro atoms. The zero-order valence-electron chi connectivity index (χ0n) is 11.7. The first-order valence-corrected chi connectivity index (χ1v) is 7.02. The van der Waals surface area contributed by atoms with E-state index in [2.05, 4.69) is 54.5 Å². The van der Waals surface area contributed by atoms with Gasteiger partial charge in [0.25, 0.3) is 0 Å². The molecule has 0 heterocycles. The molecule has 0 radical (unpaired) electrons. The Hall–Kier alpha value is -0.900. The van der Waals surface area contributed by atoms with Crippen LogP contribution in [0.5, 0.6) is 0 Å². The average Bonchev–Trinajstić information content (AvgIpc) is 2.44. The maximum Gasteiger partial charge on any atom is 0.0225 e. The Morgan fingerprint density at radius 3 is 2.33 bits per heavy atom. The van der Waals surface area contributed by atoms with Gasteiger partial charge in [0.15, 0.2) is 0 Å². The van der Waals surface area contributed by atoms with E-state index in [-0.39, 0.29) is 0 Å². The standard InChI is InChI=1S/C15H27N3/c1-3-18(4-2)13-12-15(17-16)11-10-14-8-6-5-7-9-14/h5-9,15,17H,3-4,10-13,16H2,1-2H3. The Kier molecular flexibility index (Phi) is 7.65. The van der Waals surface area contributed by atoms with Crippen molar-refractivity contribution < 1.29 is 0 Å². The molecule has 0 amide bonds. The van der Waals surface area contributed by atoms with Crippen molar-refractivity contribution in [1.82, 2.24) is 10.3 Å². The summed E-state index contributed by atoms with van der Waals surface area (Å²) in [5.41, 5.74) is 4.34. The lowest BCUT2D eigenvalue weighted by molar-refractivity contribution is 0.278. The molecule has 3 N–H and O–H groups in total. The predicted octanol–water partition coefficient (Wildman–Crippen LogP) is 2.18. The molecule has 102 valence electrons. The number of rotatable bonds is 9. The molecular weight excluding hydrogens is 222 g/mol. The summed E-state index contributed by atoms with van der Waals surface area (Å²) in [5, 5.41) is 0. The summed E-state index contributed by atoms with van der Waals surface area (Å²) in [6.45, 7) is 7.77. The smallest absolute Gasteiger partial charge is 0.0225 e. The number of nitrogens with one attached hydrogen (secondary N) is 1. The zero-order chi connectivity index (χ0) is 13.2. The van der Waals surface area contributed by atoms with E-state index in [0.717, 1.165) is 38.9 Å². The fourth-order valence-corrected chi connectivity index (χ4v) is 2.17. The molecule has 3 nitrogen and oxygen atoms in total. The number of benzene rings is 1. The third-order valence-electron chi connectivity index (χ3n) is 3.55. The minimum absolute atomic E-state index is 0.408. The summed E-state index contributed by atoms with van der Waals surface area (Å²) in [5.74, 6) is 5.64. The Labute approximate surface area is 111 Å². The van der Waals surface area contributed by atoms with Crippen molar-refractivity contribution in [2.75, 3.05) is 19.6 Å². The van der Waals surface area contributed by atoms with Crippen LogP contribution >= 0.6 is 0 Å². The van der Waals surface area contributed by atoms with Gasteiger partial charge < -0.3 is 4.90 Å². The van der Waals surface area contributed by atoms with Crippen molar-refractivity contribution in [1.29, 1.82) is 0 Å². The van der Waals surface area contributed by atoms with Gasteiger partial charge in [-0.2, -0.15) is 0 Å². The van der Waals surface area contributed by atoms with E-state index >= 15 is 0 Å². The molecule has 0 bridgehead atoms. The maximum atomic E-state index is 5.64. The van der Waals surface area contributed by atoms with Gasteiger partial charge in [0.05, 0.1) is 0 Å². The van der Waals surface area contributed by atoms with Crippen molar-refractivity contribution in [3.05, 3.63) is 35.9 Å². The second-order valence-electron chi connectivity index (χ2n) is 4.70. The van der Waals surface area contributed by atoms with Gasteiger partial charge in [0.2, 0.25) is 0 Å². The van der Waals surface area contributed by atoms with Gasteiger partial charge in [-0.15, -0.1) is 0 Å². The summed E-state index contributed by atoms with van der Waals surface area (Å²) in [6.07, 6.45) is 3.31. The number of hydrazine groups is 1. The van der Waals surface area contributed by atoms with Crippen LogP contribution in [0.3, 0.4) is 0 Å². The molecular formula is C15H27N3. The van der Waals surface area contributed by atoms with Crippen molar-refractivity contribution in [2.24, 2.45) is 5.84 Å². The molecule has 0 aliphatic rings. The molecule has 1 unspecified atom stereocenters. The molecule has 0 saturated heterocycles. The molecule has 1 aromatic rings. The Balaban J connectivity index is 2.29. The van der Waals surface area contributed by atoms with Gasteiger partial charge in [-0.3, -0.25) is 11.3 Å². The van der Waals surface area contributed by atoms with Gasteiger partial charge in [-0.25, -0.2) is 0 Å². The summed E-state index contributed by atoms with van der Waals surface area (Å²) >= 11 is 0. The van der Waals surface area contributed by atoms with Crippen molar-refractivity contribution in [2.45, 2.75) is 39.2 Å². The van der Waals surface area contributed by atoms with E-state index in [1.54, 1.807) is 0 Å². The van der Waals surface area contributed by atoms with Gasteiger partial charge in [-0.05, 0) is 44.5 Å². The average molecular weight is 249 g/mol. The molecule has 18 heavy (non-hydrogen) atoms. The Morgan fingerprint density at radius 1 is 1.11 bits per heavy atom. The van der Waals surface area contributed by atoms with Gasteiger partial charge in [-0.1, -0.05) is 44.2 Å². The van der Waals surface area contributed by atoms with E-state index in [0.29, 0.717) is 6.04 Å². The van der Waals surface area contributed by atoms with Crippen LogP contribution in [0, 0.1) is 0 Å². The molecule has 3 heteroatoms. The Morgan fingerprint density at radius 2 is 1.78 bits per heavy atom. The Bertz CT molecular complexity index is 296. The fraction of sp³-hybridized carbons (Fsp3) is 0.600. The largest absolute Gasteiger partial charge is 0.304 e. The molecule has 0 aliphatic heterocycles. The first kappa shape index (κ1) is 15.2. The van der Waals surface area contributed by atoms with Gasteiger partial charge >= 0.3 is 0 Å². The van der Waals surface area contributed by atoms with Crippen LogP contribution in [0.1, 0.15) is 32.3 Å². The lowest BCUT2D eigenvalue weighted by Crippen LogP contribution is -2.38. The van der Waals surface area contributed by atoms with Crippen LogP contribution in [0.15, 0.2) is 30.3 Å². The lowest BCUT2D eigenvalue weighted by atomic mass is 10.0. The van der Waals surface area contributed by atoms with E-state index in [1.807, 2.05) is 0 Å². The number of nitrogens with two attached hydrogens (primary N) is 1. The number of hydrogen-bond acceptors (Lipinski definition) is 3. The highest BCUT2D eigenvalue weighted by Gasteiger charge is 2.08. The van der Waals surface area contributed by atoms with Crippen LogP contribution in [0.25, 0.3) is 0 Å². The van der Waals surface area contributed by atoms with Gasteiger partial charge in [0.1, 0.15) is 0 Å². The topological polar surface area (TPSA) is 41.3 Å². The van der Waals surface area contributed by atoms with Crippen LogP contribution in [0.2, 0.25) is 0 Å². The van der Waals surface area contributed by atoms with Crippen molar-refractivity contribution in [3.63, 3.8) is 0 Å². The molecule has 1 atom stereocenters. The van der Waals surface area contributed by atoms with E-state index in [4.69, 9.17) is 5.84 Å². The minimum Gasteiger partial charge on any atom is -0.304 e. The molecule has 1 rings (SSSR count). The third kappa shape index (κ3) is 5.63. The normalized spacial score (nSPS) is 12.9. The van der Waals surface area contributed by atoms with Crippen molar-refractivity contribution >= 4 is 0 Å². The van der Waals surface area contributed by atoms with Crippen LogP contribution in [-0.2, 0) is 6.42 Å². The van der Waals surface area contributed by atoms with Crippen LogP contribution in [-0.4, -0.2) is 30.6 Å². The quantitative estimate of drug-likeness (QED) is 0.521. The lowest BCUT2D eigenvalue weighted by Gasteiger charge is -2.22. The SMILES string of the molecule is CCN(CC)CCC(CCc1ccccc1)NN. The highest BCUT2D eigenvalue weighted by atomic mass is 15.2. The number of hydrogen-bond donors (Lipinski definition) is 2. The summed E-state index contributed by atoms with van der Waals surface area (Å²) in [7, 11) is 0. The molecule has 0 aliphatic carbocycles. The molecule has 0 fully saturated rings. The van der Waals surface area contributed by atoms with Crippen molar-refractivity contribution in [3.8, 4) is 0 Å². The first-order chi connectivity index (χ1) is 8.80. The van der Waals surface area contributed by atoms with Crippen LogP contribution < -0.4 is 11.3 Å². The minimum atomic E-state index is 0.408. The zero-order valence-corrected chi connectivity index (χ0v) is 11.7. The fourth-order valence-electron chi connectivity index (χ4n) is 2.17. The van der Waals surface area contributed by atoms with E-state index in [1.165, 1.54) is 5.56 Å². The second kappa shape index (κ2) is 9.09. The molecule has 0 saturated carbocycles. The summed E-state index contributed by atoms with van der Waals surface area (Å²) in [4.78, 5) is 2.44.